The fourth-order valence-electron chi connectivity index (χ4n) is 2.03. The van der Waals surface area contributed by atoms with Crippen LogP contribution in [0.15, 0.2) is 17.3 Å². The monoisotopic (exact) mass is 303 g/mol. The topological polar surface area (TPSA) is 102 Å². The van der Waals surface area contributed by atoms with Crippen LogP contribution in [-0.2, 0) is 26.1 Å². The number of ether oxygens (including phenoxy) is 1. The molecule has 0 bridgehead atoms. The molecule has 1 N–H and O–H groups in total. The summed E-state index contributed by atoms with van der Waals surface area (Å²) in [5.41, 5.74) is 0. The molecule has 1 aromatic heterocycles. The van der Waals surface area contributed by atoms with Crippen molar-refractivity contribution in [2.45, 2.75) is 30.9 Å². The van der Waals surface area contributed by atoms with E-state index >= 15 is 0 Å². The first kappa shape index (κ1) is 14.9. The number of nitrogens with zero attached hydrogens (tertiary/aromatic N) is 3. The summed E-state index contributed by atoms with van der Waals surface area (Å²) in [6.45, 7) is 2.66. The van der Waals surface area contributed by atoms with Crippen LogP contribution in [0.2, 0.25) is 0 Å². The second kappa shape index (κ2) is 5.90. The Kier molecular flexibility index (Phi) is 4.41. The van der Waals surface area contributed by atoms with Crippen LogP contribution in [-0.4, -0.2) is 59.4 Å². The molecule has 0 radical (unpaired) electrons. The summed E-state index contributed by atoms with van der Waals surface area (Å²) in [7, 11) is -3.66. The van der Waals surface area contributed by atoms with Crippen LogP contribution < -0.4 is 0 Å². The van der Waals surface area contributed by atoms with E-state index in [0.717, 1.165) is 4.68 Å². The van der Waals surface area contributed by atoms with Crippen molar-refractivity contribution in [2.75, 3.05) is 19.7 Å². The molecule has 1 atom stereocenters. The highest BCUT2D eigenvalue weighted by Crippen LogP contribution is 2.18. The molecule has 9 heteroatoms. The average Bonchev–Trinajstić information content (AvgIpc) is 2.70. The number of carboxylic acids is 1. The molecule has 0 saturated carbocycles. The van der Waals surface area contributed by atoms with Crippen molar-refractivity contribution >= 4 is 16.0 Å². The molecule has 0 aromatic carbocycles. The summed E-state index contributed by atoms with van der Waals surface area (Å²) in [6, 6.07) is 0. The fourth-order valence-corrected chi connectivity index (χ4v) is 3.54. The standard InChI is InChI=1S/C11H17N3O5S/c1-9-6-14(3-2-4-19-9)20(17,18)10-5-12-13(7-10)8-11(15)16/h5,7,9H,2-4,6,8H2,1H3,(H,15,16). The molecular weight excluding hydrogens is 286 g/mol. The van der Waals surface area contributed by atoms with Gasteiger partial charge in [0.1, 0.15) is 11.4 Å². The predicted octanol–water partition coefficient (Wildman–Crippen LogP) is -0.233. The van der Waals surface area contributed by atoms with Gasteiger partial charge in [0.05, 0.1) is 12.3 Å². The summed E-state index contributed by atoms with van der Waals surface area (Å²) in [4.78, 5) is 10.6. The highest BCUT2D eigenvalue weighted by atomic mass is 32.2. The van der Waals surface area contributed by atoms with E-state index in [4.69, 9.17) is 9.84 Å². The van der Waals surface area contributed by atoms with Crippen LogP contribution in [0.1, 0.15) is 13.3 Å². The van der Waals surface area contributed by atoms with Crippen molar-refractivity contribution < 1.29 is 23.1 Å². The lowest BCUT2D eigenvalue weighted by atomic mass is 10.4. The van der Waals surface area contributed by atoms with Crippen LogP contribution in [0, 0.1) is 0 Å². The third-order valence-electron chi connectivity index (χ3n) is 2.96. The Hall–Kier alpha value is -1.45. The Balaban J connectivity index is 2.20. The van der Waals surface area contributed by atoms with Crippen molar-refractivity contribution in [1.29, 1.82) is 0 Å². The van der Waals surface area contributed by atoms with Crippen molar-refractivity contribution in [2.24, 2.45) is 0 Å². The van der Waals surface area contributed by atoms with Gasteiger partial charge >= 0.3 is 5.97 Å². The lowest BCUT2D eigenvalue weighted by Gasteiger charge is -2.20. The Labute approximate surface area is 117 Å². The molecule has 20 heavy (non-hydrogen) atoms. The van der Waals surface area contributed by atoms with Crippen LogP contribution in [0.4, 0.5) is 0 Å². The van der Waals surface area contributed by atoms with E-state index in [1.54, 1.807) is 0 Å². The number of aliphatic carboxylic acids is 1. The highest BCUT2D eigenvalue weighted by molar-refractivity contribution is 7.89. The number of aromatic nitrogens is 2. The number of hydrogen-bond donors (Lipinski definition) is 1. The minimum absolute atomic E-state index is 0.00727. The average molecular weight is 303 g/mol. The second-order valence-electron chi connectivity index (χ2n) is 4.67. The number of sulfonamides is 1. The maximum Gasteiger partial charge on any atom is 0.325 e. The molecule has 1 unspecified atom stereocenters. The van der Waals surface area contributed by atoms with E-state index in [2.05, 4.69) is 5.10 Å². The van der Waals surface area contributed by atoms with Gasteiger partial charge in [-0.3, -0.25) is 9.48 Å². The van der Waals surface area contributed by atoms with Gasteiger partial charge in [-0.2, -0.15) is 9.40 Å². The lowest BCUT2D eigenvalue weighted by Crippen LogP contribution is -2.35. The summed E-state index contributed by atoms with van der Waals surface area (Å²) in [6.07, 6.45) is 2.88. The third-order valence-corrected chi connectivity index (χ3v) is 4.78. The molecule has 8 nitrogen and oxygen atoms in total. The van der Waals surface area contributed by atoms with Crippen LogP contribution in [0.3, 0.4) is 0 Å². The first-order valence-electron chi connectivity index (χ1n) is 6.25. The Morgan fingerprint density at radius 2 is 2.35 bits per heavy atom. The fraction of sp³-hybridized carbons (Fsp3) is 0.636. The van der Waals surface area contributed by atoms with Crippen molar-refractivity contribution in [1.82, 2.24) is 14.1 Å². The first-order chi connectivity index (χ1) is 9.39. The Morgan fingerprint density at radius 1 is 1.60 bits per heavy atom. The molecule has 1 aliphatic heterocycles. The maximum atomic E-state index is 12.5. The minimum atomic E-state index is -3.66. The molecule has 2 rings (SSSR count). The maximum absolute atomic E-state index is 12.5. The summed E-state index contributed by atoms with van der Waals surface area (Å²) < 4.78 is 32.8. The number of carbonyl (C=O) groups is 1. The van der Waals surface area contributed by atoms with Crippen molar-refractivity contribution in [3.05, 3.63) is 12.4 Å². The van der Waals surface area contributed by atoms with E-state index in [1.807, 2.05) is 6.92 Å². The molecule has 1 aromatic rings. The second-order valence-corrected chi connectivity index (χ2v) is 6.60. The van der Waals surface area contributed by atoms with E-state index in [0.29, 0.717) is 19.6 Å². The molecule has 1 aliphatic rings. The molecule has 112 valence electrons. The number of rotatable bonds is 4. The highest BCUT2D eigenvalue weighted by Gasteiger charge is 2.29. The number of carboxylic acid groups (broad SMARTS) is 1. The quantitative estimate of drug-likeness (QED) is 0.824. The molecule has 0 aliphatic carbocycles. The summed E-state index contributed by atoms with van der Waals surface area (Å²) >= 11 is 0. The Bertz CT molecular complexity index is 583. The smallest absolute Gasteiger partial charge is 0.325 e. The van der Waals surface area contributed by atoms with Crippen LogP contribution in [0.25, 0.3) is 0 Å². The zero-order chi connectivity index (χ0) is 14.8. The molecular formula is C11H17N3O5S. The van der Waals surface area contributed by atoms with Gasteiger partial charge in [-0.25, -0.2) is 8.42 Å². The van der Waals surface area contributed by atoms with Crippen LogP contribution in [0.5, 0.6) is 0 Å². The zero-order valence-electron chi connectivity index (χ0n) is 11.1. The van der Waals surface area contributed by atoms with E-state index in [-0.39, 0.29) is 24.1 Å². The van der Waals surface area contributed by atoms with E-state index in [1.165, 1.54) is 16.7 Å². The van der Waals surface area contributed by atoms with Gasteiger partial charge in [0, 0.05) is 25.9 Å². The number of hydrogen-bond acceptors (Lipinski definition) is 5. The lowest BCUT2D eigenvalue weighted by molar-refractivity contribution is -0.137. The predicted molar refractivity (Wildman–Crippen MR) is 68.7 cm³/mol. The van der Waals surface area contributed by atoms with Crippen molar-refractivity contribution in [3.8, 4) is 0 Å². The molecule has 2 heterocycles. The largest absolute Gasteiger partial charge is 0.480 e. The Morgan fingerprint density at radius 3 is 3.05 bits per heavy atom. The minimum Gasteiger partial charge on any atom is -0.480 e. The van der Waals surface area contributed by atoms with Gasteiger partial charge in [-0.15, -0.1) is 0 Å². The van der Waals surface area contributed by atoms with E-state index in [9.17, 15) is 13.2 Å². The summed E-state index contributed by atoms with van der Waals surface area (Å²) in [5, 5.41) is 12.4. The SMILES string of the molecule is CC1CN(S(=O)(=O)c2cnn(CC(=O)O)c2)CCCO1. The van der Waals surface area contributed by atoms with Gasteiger partial charge in [0.2, 0.25) is 10.0 Å². The van der Waals surface area contributed by atoms with Gasteiger partial charge in [-0.05, 0) is 13.3 Å². The normalized spacial score (nSPS) is 21.6. The van der Waals surface area contributed by atoms with E-state index < -0.39 is 16.0 Å². The zero-order valence-corrected chi connectivity index (χ0v) is 11.9. The molecule has 1 fully saturated rings. The molecule has 0 spiro atoms. The van der Waals surface area contributed by atoms with Crippen molar-refractivity contribution in [3.63, 3.8) is 0 Å². The first-order valence-corrected chi connectivity index (χ1v) is 7.69. The third kappa shape index (κ3) is 3.35. The van der Waals surface area contributed by atoms with Gasteiger partial charge in [0.15, 0.2) is 0 Å². The summed E-state index contributed by atoms with van der Waals surface area (Å²) in [5.74, 6) is -1.08. The van der Waals surface area contributed by atoms with Gasteiger partial charge < -0.3 is 9.84 Å². The van der Waals surface area contributed by atoms with Gasteiger partial charge in [0.25, 0.3) is 0 Å². The van der Waals surface area contributed by atoms with Crippen LogP contribution >= 0.6 is 0 Å². The van der Waals surface area contributed by atoms with Gasteiger partial charge in [-0.1, -0.05) is 0 Å². The molecule has 1 saturated heterocycles. The molecule has 0 amide bonds.